The first kappa shape index (κ1) is 12.0. The van der Waals surface area contributed by atoms with E-state index in [0.29, 0.717) is 0 Å². The zero-order valence-electron chi connectivity index (χ0n) is 8.78. The first-order chi connectivity index (χ1) is 7.13. The summed E-state index contributed by atoms with van der Waals surface area (Å²) in [4.78, 5) is 2.62. The monoisotopic (exact) mass is 213 g/mol. The molecule has 0 aromatic heterocycles. The van der Waals surface area contributed by atoms with Crippen molar-refractivity contribution in [3.8, 4) is 0 Å². The smallest absolute Gasteiger partial charge is 0.177 e. The Morgan fingerprint density at radius 3 is 2.93 bits per heavy atom. The number of rotatable bonds is 4. The van der Waals surface area contributed by atoms with Gasteiger partial charge >= 0.3 is 0 Å². The minimum atomic E-state index is -0.748. The maximum absolute atomic E-state index is 9.50. The van der Waals surface area contributed by atoms with E-state index in [1.54, 1.807) is 12.2 Å². The topological polar surface area (TPSA) is 87.5 Å². The van der Waals surface area contributed by atoms with Crippen LogP contribution in [0.25, 0.3) is 10.4 Å². The van der Waals surface area contributed by atoms with Crippen LogP contribution < -0.4 is 0 Å². The average Bonchev–Trinajstić information content (AvgIpc) is 2.18. The second-order valence-electron chi connectivity index (χ2n) is 3.52. The standard InChI is InChI=1S/C9H15N3O3/c1-6(2)14-9-4-3-7(13)8(15-9)5-11-12-10/h3-4,6-9,13H,5H2,1-2H3. The van der Waals surface area contributed by atoms with Crippen LogP contribution in [0, 0.1) is 0 Å². The van der Waals surface area contributed by atoms with Crippen LogP contribution in [0.5, 0.6) is 0 Å². The highest BCUT2D eigenvalue weighted by molar-refractivity contribution is 5.00. The molecule has 0 aromatic carbocycles. The summed E-state index contributed by atoms with van der Waals surface area (Å²) in [7, 11) is 0. The fraction of sp³-hybridized carbons (Fsp3) is 0.778. The van der Waals surface area contributed by atoms with Crippen LogP contribution in [0.15, 0.2) is 17.3 Å². The average molecular weight is 213 g/mol. The molecule has 0 fully saturated rings. The van der Waals surface area contributed by atoms with Crippen LogP contribution >= 0.6 is 0 Å². The maximum atomic E-state index is 9.50. The molecule has 6 nitrogen and oxygen atoms in total. The van der Waals surface area contributed by atoms with Gasteiger partial charge < -0.3 is 14.6 Å². The zero-order chi connectivity index (χ0) is 11.3. The Kier molecular flexibility index (Phi) is 4.58. The van der Waals surface area contributed by atoms with Gasteiger partial charge in [-0.05, 0) is 25.5 Å². The van der Waals surface area contributed by atoms with Gasteiger partial charge in [-0.1, -0.05) is 11.2 Å². The summed E-state index contributed by atoms with van der Waals surface area (Å²) >= 11 is 0. The van der Waals surface area contributed by atoms with Crippen molar-refractivity contribution in [2.24, 2.45) is 5.11 Å². The maximum Gasteiger partial charge on any atom is 0.177 e. The molecular formula is C9H15N3O3. The number of azide groups is 1. The lowest BCUT2D eigenvalue weighted by Crippen LogP contribution is -2.39. The van der Waals surface area contributed by atoms with E-state index in [9.17, 15) is 5.11 Å². The Labute approximate surface area is 88.1 Å². The normalized spacial score (nSPS) is 30.3. The van der Waals surface area contributed by atoms with Gasteiger partial charge in [0.1, 0.15) is 0 Å². The van der Waals surface area contributed by atoms with E-state index in [2.05, 4.69) is 10.0 Å². The SMILES string of the molecule is CC(C)OC1C=CC(O)C(CN=[N+]=[N-])O1. The molecule has 0 bridgehead atoms. The summed E-state index contributed by atoms with van der Waals surface area (Å²) < 4.78 is 10.8. The Bertz CT molecular complexity index is 274. The van der Waals surface area contributed by atoms with Crippen molar-refractivity contribution in [3.63, 3.8) is 0 Å². The molecule has 0 saturated carbocycles. The van der Waals surface area contributed by atoms with E-state index >= 15 is 0 Å². The highest BCUT2D eigenvalue weighted by atomic mass is 16.7. The van der Waals surface area contributed by atoms with Gasteiger partial charge in [0, 0.05) is 4.91 Å². The molecule has 0 radical (unpaired) electrons. The van der Waals surface area contributed by atoms with Crippen LogP contribution in [-0.2, 0) is 9.47 Å². The van der Waals surface area contributed by atoms with Crippen molar-refractivity contribution < 1.29 is 14.6 Å². The molecule has 1 aliphatic rings. The molecule has 0 aromatic rings. The van der Waals surface area contributed by atoms with Gasteiger partial charge in [0.2, 0.25) is 0 Å². The lowest BCUT2D eigenvalue weighted by Gasteiger charge is -2.29. The molecule has 0 amide bonds. The molecule has 1 N–H and O–H groups in total. The van der Waals surface area contributed by atoms with Crippen molar-refractivity contribution in [2.75, 3.05) is 6.54 Å². The predicted molar refractivity (Wildman–Crippen MR) is 54.0 cm³/mol. The van der Waals surface area contributed by atoms with Crippen LogP contribution in [0.4, 0.5) is 0 Å². The first-order valence-corrected chi connectivity index (χ1v) is 4.81. The summed E-state index contributed by atoms with van der Waals surface area (Å²) in [5, 5.41) is 12.9. The summed E-state index contributed by atoms with van der Waals surface area (Å²) in [6.45, 7) is 3.88. The van der Waals surface area contributed by atoms with E-state index in [0.717, 1.165) is 0 Å². The van der Waals surface area contributed by atoms with Crippen molar-refractivity contribution >= 4 is 0 Å². The van der Waals surface area contributed by atoms with Crippen molar-refractivity contribution in [3.05, 3.63) is 22.6 Å². The molecule has 15 heavy (non-hydrogen) atoms. The van der Waals surface area contributed by atoms with Gasteiger partial charge in [0.05, 0.1) is 24.9 Å². The van der Waals surface area contributed by atoms with Crippen molar-refractivity contribution in [1.29, 1.82) is 0 Å². The van der Waals surface area contributed by atoms with E-state index < -0.39 is 18.5 Å². The highest BCUT2D eigenvalue weighted by Gasteiger charge is 2.25. The molecule has 1 aliphatic heterocycles. The Balaban J connectivity index is 2.53. The first-order valence-electron chi connectivity index (χ1n) is 4.81. The predicted octanol–water partition coefficient (Wildman–Crippen LogP) is 1.36. The molecule has 0 aliphatic carbocycles. The summed E-state index contributed by atoms with van der Waals surface area (Å²) in [5.74, 6) is 0. The van der Waals surface area contributed by atoms with Crippen LogP contribution in [0.1, 0.15) is 13.8 Å². The van der Waals surface area contributed by atoms with Gasteiger partial charge in [-0.2, -0.15) is 0 Å². The molecule has 84 valence electrons. The van der Waals surface area contributed by atoms with Crippen LogP contribution in [0.2, 0.25) is 0 Å². The quantitative estimate of drug-likeness (QED) is 0.331. The van der Waals surface area contributed by atoms with E-state index in [4.69, 9.17) is 15.0 Å². The fourth-order valence-electron chi connectivity index (χ4n) is 1.24. The van der Waals surface area contributed by atoms with E-state index in [1.165, 1.54) is 0 Å². The van der Waals surface area contributed by atoms with Crippen molar-refractivity contribution in [1.82, 2.24) is 0 Å². The van der Waals surface area contributed by atoms with Gasteiger partial charge in [-0.3, -0.25) is 0 Å². The minimum Gasteiger partial charge on any atom is -0.386 e. The summed E-state index contributed by atoms with van der Waals surface area (Å²) in [6.07, 6.45) is 1.52. The molecule has 0 spiro atoms. The number of hydrogen-bond acceptors (Lipinski definition) is 4. The minimum absolute atomic E-state index is 0.0370. The fourth-order valence-corrected chi connectivity index (χ4v) is 1.24. The molecule has 1 heterocycles. The number of ether oxygens (including phenoxy) is 2. The lowest BCUT2D eigenvalue weighted by atomic mass is 10.1. The second-order valence-corrected chi connectivity index (χ2v) is 3.52. The molecule has 0 saturated heterocycles. The lowest BCUT2D eigenvalue weighted by molar-refractivity contribution is -0.182. The van der Waals surface area contributed by atoms with Crippen LogP contribution in [0.3, 0.4) is 0 Å². The Morgan fingerprint density at radius 2 is 2.33 bits per heavy atom. The number of aliphatic hydroxyl groups excluding tert-OH is 1. The van der Waals surface area contributed by atoms with Crippen LogP contribution in [-0.4, -0.2) is 36.3 Å². The number of aliphatic hydroxyl groups is 1. The Hall–Kier alpha value is -1.07. The van der Waals surface area contributed by atoms with Gasteiger partial charge in [-0.25, -0.2) is 0 Å². The molecular weight excluding hydrogens is 198 g/mol. The number of hydrogen-bond donors (Lipinski definition) is 1. The van der Waals surface area contributed by atoms with Gasteiger partial charge in [-0.15, -0.1) is 0 Å². The van der Waals surface area contributed by atoms with E-state index in [-0.39, 0.29) is 12.6 Å². The zero-order valence-corrected chi connectivity index (χ0v) is 8.78. The molecule has 3 atom stereocenters. The third-order valence-electron chi connectivity index (χ3n) is 1.89. The Morgan fingerprint density at radius 1 is 1.60 bits per heavy atom. The third-order valence-corrected chi connectivity index (χ3v) is 1.89. The molecule has 3 unspecified atom stereocenters. The van der Waals surface area contributed by atoms with E-state index in [1.807, 2.05) is 13.8 Å². The van der Waals surface area contributed by atoms with Crippen molar-refractivity contribution in [2.45, 2.75) is 38.4 Å². The summed E-state index contributed by atoms with van der Waals surface area (Å²) in [5.41, 5.74) is 8.17. The third kappa shape index (κ3) is 3.89. The highest BCUT2D eigenvalue weighted by Crippen LogP contribution is 2.15. The second kappa shape index (κ2) is 5.72. The van der Waals surface area contributed by atoms with Gasteiger partial charge in [0.25, 0.3) is 0 Å². The van der Waals surface area contributed by atoms with Gasteiger partial charge in [0.15, 0.2) is 6.29 Å². The summed E-state index contributed by atoms with van der Waals surface area (Å²) in [6, 6.07) is 0. The molecule has 1 rings (SSSR count). The largest absolute Gasteiger partial charge is 0.386 e. The number of nitrogens with zero attached hydrogens (tertiary/aromatic N) is 3. The molecule has 6 heteroatoms.